The van der Waals surface area contributed by atoms with Crippen LogP contribution in [0.2, 0.25) is 0 Å². The van der Waals surface area contributed by atoms with Crippen molar-refractivity contribution in [1.82, 2.24) is 5.32 Å². The van der Waals surface area contributed by atoms with E-state index in [1.807, 2.05) is 0 Å². The van der Waals surface area contributed by atoms with Crippen LogP contribution in [-0.4, -0.2) is 88.5 Å². The highest BCUT2D eigenvalue weighted by molar-refractivity contribution is 7.97. The van der Waals surface area contributed by atoms with E-state index in [4.69, 9.17) is 47.9 Å². The van der Waals surface area contributed by atoms with Crippen molar-refractivity contribution in [2.75, 3.05) is 82.0 Å². The van der Waals surface area contributed by atoms with Gasteiger partial charge in [0.05, 0.1) is 64.0 Å². The quantitative estimate of drug-likeness (QED) is 0.0779. The highest BCUT2D eigenvalue weighted by Gasteiger charge is 2.59. The van der Waals surface area contributed by atoms with Crippen LogP contribution in [-0.2, 0) is 9.59 Å². The molecule has 4 aromatic carbocycles. The lowest BCUT2D eigenvalue weighted by Gasteiger charge is -2.33. The Morgan fingerprint density at radius 2 is 0.965 bits per heavy atom. The van der Waals surface area contributed by atoms with E-state index in [0.29, 0.717) is 85.3 Å². The number of methoxy groups -OCH3 is 9. The molecule has 0 atom stereocenters. The van der Waals surface area contributed by atoms with Crippen molar-refractivity contribution in [3.05, 3.63) is 66.2 Å². The van der Waals surface area contributed by atoms with Gasteiger partial charge < -0.3 is 53.3 Å². The molecule has 0 aliphatic rings. The van der Waals surface area contributed by atoms with Crippen LogP contribution >= 0.6 is 7.26 Å². The lowest BCUT2D eigenvalue weighted by atomic mass is 10.2. The molecular weight excluding hydrogens is 753 g/mol. The number of ether oxygens (including phenoxy) is 9. The van der Waals surface area contributed by atoms with Crippen molar-refractivity contribution in [2.24, 2.45) is 0 Å². The van der Waals surface area contributed by atoms with E-state index in [0.717, 1.165) is 0 Å². The zero-order chi connectivity index (χ0) is 41.5. The Labute approximate surface area is 333 Å². The average Bonchev–Trinajstić information content (AvgIpc) is 3.25. The summed E-state index contributed by atoms with van der Waals surface area (Å²) in [7, 11) is 10.1. The normalized spacial score (nSPS) is 10.5. The summed E-state index contributed by atoms with van der Waals surface area (Å²) in [6, 6.07) is 18.9. The molecular formula is C42H47N3O11P+. The minimum atomic E-state index is -3.59. The smallest absolute Gasteiger partial charge is 0.258 e. The number of rotatable bonds is 19. The third-order valence-electron chi connectivity index (χ3n) is 8.93. The molecule has 15 heteroatoms. The number of nitrogens with zero attached hydrogens (tertiary/aromatic N) is 1. The molecule has 0 radical (unpaired) electrons. The number of benzene rings is 4. The summed E-state index contributed by atoms with van der Waals surface area (Å²) in [6.45, 7) is 0.166. The van der Waals surface area contributed by atoms with Crippen LogP contribution in [0.1, 0.15) is 18.4 Å². The van der Waals surface area contributed by atoms with Crippen molar-refractivity contribution in [2.45, 2.75) is 12.8 Å². The fraction of sp³-hybridized carbons (Fsp3) is 0.310. The number of nitriles is 1. The van der Waals surface area contributed by atoms with E-state index < -0.39 is 7.26 Å². The summed E-state index contributed by atoms with van der Waals surface area (Å²) >= 11 is 0. The van der Waals surface area contributed by atoms with E-state index in [2.05, 4.69) is 22.5 Å². The first-order chi connectivity index (χ1) is 27.6. The molecule has 0 aromatic heterocycles. The highest BCUT2D eigenvalue weighted by Crippen LogP contribution is 2.66. The van der Waals surface area contributed by atoms with Crippen LogP contribution in [0, 0.1) is 23.2 Å². The summed E-state index contributed by atoms with van der Waals surface area (Å²) in [5.41, 5.74) is 1.23. The van der Waals surface area contributed by atoms with Gasteiger partial charge in [-0.1, -0.05) is 5.92 Å². The van der Waals surface area contributed by atoms with Crippen LogP contribution in [0.25, 0.3) is 0 Å². The number of hydrogen-bond donors (Lipinski definition) is 2. The number of hydrogen-bond acceptors (Lipinski definition) is 12. The van der Waals surface area contributed by atoms with Gasteiger partial charge in [0.2, 0.25) is 5.91 Å². The van der Waals surface area contributed by atoms with E-state index in [1.165, 1.54) is 64.0 Å². The number of amides is 2. The molecule has 57 heavy (non-hydrogen) atoms. The van der Waals surface area contributed by atoms with Crippen molar-refractivity contribution >= 4 is 40.7 Å². The maximum Gasteiger partial charge on any atom is 0.258 e. The Morgan fingerprint density at radius 1 is 0.579 bits per heavy atom. The Morgan fingerprint density at radius 3 is 1.30 bits per heavy atom. The van der Waals surface area contributed by atoms with Gasteiger partial charge in [-0.3, -0.25) is 9.59 Å². The second-order valence-corrected chi connectivity index (χ2v) is 15.3. The van der Waals surface area contributed by atoms with E-state index in [9.17, 15) is 9.59 Å². The molecule has 0 bridgehead atoms. The average molecular weight is 801 g/mol. The topological polar surface area (TPSA) is 165 Å². The van der Waals surface area contributed by atoms with Gasteiger partial charge in [0.15, 0.2) is 62.6 Å². The van der Waals surface area contributed by atoms with Crippen molar-refractivity contribution in [3.8, 4) is 69.7 Å². The van der Waals surface area contributed by atoms with Gasteiger partial charge in [-0.15, -0.1) is 0 Å². The number of carbonyl (C=O) groups excluding carboxylic acids is 2. The first-order valence-electron chi connectivity index (χ1n) is 17.5. The molecule has 300 valence electrons. The SMILES string of the molecule is COc1cc(OC)c([P+](CC(=O)NCCCC(=O)Nc2ccc(C#CC#N)cc2)(c2c(OC)cc(OC)cc2OC)c2c(OC)cc(OC)cc2OC)c(OC)c1. The van der Waals surface area contributed by atoms with Crippen molar-refractivity contribution < 1.29 is 52.2 Å². The summed E-state index contributed by atoms with van der Waals surface area (Å²) < 4.78 is 53.5. The Bertz CT molecular complexity index is 1930. The molecule has 2 amide bonds. The van der Waals surface area contributed by atoms with Gasteiger partial charge in [-0.05, 0) is 30.7 Å². The van der Waals surface area contributed by atoms with Crippen LogP contribution in [0.5, 0.6) is 51.7 Å². The van der Waals surface area contributed by atoms with Gasteiger partial charge in [-0.2, -0.15) is 5.26 Å². The highest BCUT2D eigenvalue weighted by atomic mass is 31.2. The molecule has 4 rings (SSSR count). The predicted molar refractivity (Wildman–Crippen MR) is 219 cm³/mol. The molecule has 2 N–H and O–H groups in total. The van der Waals surface area contributed by atoms with Gasteiger partial charge in [0.25, 0.3) is 5.91 Å². The van der Waals surface area contributed by atoms with Crippen molar-refractivity contribution in [3.63, 3.8) is 0 Å². The fourth-order valence-electron chi connectivity index (χ4n) is 6.37. The monoisotopic (exact) mass is 800 g/mol. The number of carbonyl (C=O) groups is 2. The molecule has 0 saturated carbocycles. The minimum Gasteiger partial charge on any atom is -0.496 e. The van der Waals surface area contributed by atoms with Crippen molar-refractivity contribution in [1.29, 1.82) is 5.26 Å². The predicted octanol–water partition coefficient (Wildman–Crippen LogP) is 4.47. The number of anilines is 1. The number of nitrogens with one attached hydrogen (secondary N) is 2. The minimum absolute atomic E-state index is 0.122. The van der Waals surface area contributed by atoms with E-state index >= 15 is 0 Å². The fourth-order valence-corrected chi connectivity index (χ4v) is 11.3. The third kappa shape index (κ3) is 9.66. The molecule has 0 saturated heterocycles. The second kappa shape index (κ2) is 20.4. The van der Waals surface area contributed by atoms with Crippen LogP contribution in [0.4, 0.5) is 5.69 Å². The van der Waals surface area contributed by atoms with E-state index in [1.54, 1.807) is 66.7 Å². The Balaban J connectivity index is 1.91. The second-order valence-electron chi connectivity index (χ2n) is 12.1. The Hall–Kier alpha value is -6.50. The zero-order valence-electron chi connectivity index (χ0n) is 33.5. The molecule has 0 unspecified atom stereocenters. The maximum atomic E-state index is 14.7. The van der Waals surface area contributed by atoms with Gasteiger partial charge in [-0.25, -0.2) is 0 Å². The van der Waals surface area contributed by atoms with Gasteiger partial charge in [0, 0.05) is 66.5 Å². The Kier molecular flexibility index (Phi) is 15.5. The molecule has 0 fully saturated rings. The molecule has 4 aromatic rings. The van der Waals surface area contributed by atoms with Crippen LogP contribution < -0.4 is 69.2 Å². The maximum absolute atomic E-state index is 14.7. The standard InChI is InChI=1S/C42H46N3O11P/c1-48-29-20-32(51-4)40(33(21-29)52-5)57(41-34(53-6)22-30(49-2)23-35(41)54-7,42-36(55-8)24-31(50-3)25-37(42)56-9)26-39(47)44-19-11-13-38(46)45-28-16-14-27(15-17-28)12-10-18-43/h14-17,20-25H,11,13,19,26H2,1-9H3,(H-,44,45,46,47)/p+1. The molecule has 0 aliphatic carbocycles. The summed E-state index contributed by atoms with van der Waals surface area (Å²) in [5.74, 6) is 7.81. The lowest BCUT2D eigenvalue weighted by molar-refractivity contribution is -0.119. The molecule has 0 aliphatic heterocycles. The van der Waals surface area contributed by atoms with E-state index in [-0.39, 0.29) is 30.9 Å². The van der Waals surface area contributed by atoms with Gasteiger partial charge >= 0.3 is 0 Å². The van der Waals surface area contributed by atoms with Crippen LogP contribution in [0.15, 0.2) is 60.7 Å². The largest absolute Gasteiger partial charge is 0.496 e. The first-order valence-corrected chi connectivity index (χ1v) is 19.5. The molecule has 0 spiro atoms. The summed E-state index contributed by atoms with van der Waals surface area (Å²) in [5, 5.41) is 16.1. The third-order valence-corrected chi connectivity index (χ3v) is 13.3. The molecule has 14 nitrogen and oxygen atoms in total. The zero-order valence-corrected chi connectivity index (χ0v) is 34.4. The summed E-state index contributed by atoms with van der Waals surface area (Å²) in [4.78, 5) is 27.5. The van der Waals surface area contributed by atoms with Gasteiger partial charge in [0.1, 0.15) is 24.5 Å². The molecule has 0 heterocycles. The van der Waals surface area contributed by atoms with Crippen LogP contribution in [0.3, 0.4) is 0 Å². The lowest BCUT2D eigenvalue weighted by Crippen LogP contribution is -2.42. The first kappa shape index (κ1) is 43.2. The summed E-state index contributed by atoms with van der Waals surface area (Å²) in [6.07, 6.45) is 0.239.